The Balaban J connectivity index is 1.28. The molecule has 0 unspecified atom stereocenters. The fourth-order valence-electron chi connectivity index (χ4n) is 3.19. The molecule has 8 heteroatoms. The minimum Gasteiger partial charge on any atom is -0.371 e. The summed E-state index contributed by atoms with van der Waals surface area (Å²) < 4.78 is 26.5. The number of hydrogen-bond donors (Lipinski definition) is 1. The molecule has 1 aromatic carbocycles. The number of rotatable bonds is 5. The predicted molar refractivity (Wildman–Crippen MR) is 102 cm³/mol. The SMILES string of the molecule is Fc1ccc(N2CCC(NCc3csc(-c4cnccn4)n3)CC2)cc1F. The average Bonchev–Trinajstić information content (AvgIpc) is 3.19. The zero-order valence-electron chi connectivity index (χ0n) is 14.6. The van der Waals surface area contributed by atoms with Gasteiger partial charge in [0.15, 0.2) is 11.6 Å². The van der Waals surface area contributed by atoms with Crippen molar-refractivity contribution in [3.8, 4) is 10.7 Å². The van der Waals surface area contributed by atoms with E-state index in [9.17, 15) is 8.78 Å². The van der Waals surface area contributed by atoms with Gasteiger partial charge in [-0.05, 0) is 25.0 Å². The Kier molecular flexibility index (Phi) is 5.35. The number of piperidine rings is 1. The molecule has 4 rings (SSSR count). The Morgan fingerprint density at radius 1 is 1.15 bits per heavy atom. The third kappa shape index (κ3) is 4.28. The standard InChI is InChI=1S/C19H19F2N5S/c20-16-2-1-15(9-17(16)21)26-7-3-13(4-8-26)24-10-14-12-27-19(25-14)18-11-22-5-6-23-18/h1-2,5-6,9,11-13,24H,3-4,7-8,10H2. The summed E-state index contributed by atoms with van der Waals surface area (Å²) >= 11 is 1.56. The minimum absolute atomic E-state index is 0.383. The second kappa shape index (κ2) is 8.06. The summed E-state index contributed by atoms with van der Waals surface area (Å²) in [6.07, 6.45) is 6.91. The number of hydrogen-bond acceptors (Lipinski definition) is 6. The monoisotopic (exact) mass is 387 g/mol. The number of nitrogens with zero attached hydrogens (tertiary/aromatic N) is 4. The first-order valence-electron chi connectivity index (χ1n) is 8.83. The summed E-state index contributed by atoms with van der Waals surface area (Å²) in [5.41, 5.74) is 2.51. The molecule has 1 saturated heterocycles. The van der Waals surface area contributed by atoms with Crippen LogP contribution in [-0.2, 0) is 6.54 Å². The highest BCUT2D eigenvalue weighted by atomic mass is 32.1. The Labute approximate surface area is 160 Å². The van der Waals surface area contributed by atoms with Gasteiger partial charge in [0.25, 0.3) is 0 Å². The zero-order valence-corrected chi connectivity index (χ0v) is 15.4. The second-order valence-electron chi connectivity index (χ2n) is 6.48. The molecule has 0 saturated carbocycles. The van der Waals surface area contributed by atoms with Gasteiger partial charge in [-0.25, -0.2) is 13.8 Å². The van der Waals surface area contributed by atoms with Crippen molar-refractivity contribution in [3.05, 3.63) is 59.5 Å². The third-order valence-electron chi connectivity index (χ3n) is 4.67. The van der Waals surface area contributed by atoms with Crippen LogP contribution >= 0.6 is 11.3 Å². The Morgan fingerprint density at radius 3 is 2.74 bits per heavy atom. The van der Waals surface area contributed by atoms with Crippen molar-refractivity contribution in [2.24, 2.45) is 0 Å². The van der Waals surface area contributed by atoms with Gasteiger partial charge in [-0.3, -0.25) is 9.97 Å². The number of benzene rings is 1. The van der Waals surface area contributed by atoms with Gasteiger partial charge >= 0.3 is 0 Å². The highest BCUT2D eigenvalue weighted by Crippen LogP contribution is 2.23. The van der Waals surface area contributed by atoms with E-state index in [1.54, 1.807) is 36.0 Å². The second-order valence-corrected chi connectivity index (χ2v) is 7.33. The lowest BCUT2D eigenvalue weighted by Gasteiger charge is -2.34. The van der Waals surface area contributed by atoms with Crippen LogP contribution in [0.25, 0.3) is 10.7 Å². The van der Waals surface area contributed by atoms with Crippen LogP contribution in [0.2, 0.25) is 0 Å². The number of aromatic nitrogens is 3. The molecule has 3 heterocycles. The molecule has 3 aromatic rings. The molecule has 1 N–H and O–H groups in total. The topological polar surface area (TPSA) is 53.9 Å². The number of nitrogens with one attached hydrogen (secondary N) is 1. The van der Waals surface area contributed by atoms with Gasteiger partial charge in [-0.2, -0.15) is 0 Å². The van der Waals surface area contributed by atoms with E-state index in [1.165, 1.54) is 12.1 Å². The fraction of sp³-hybridized carbons (Fsp3) is 0.316. The Morgan fingerprint density at radius 2 is 2.00 bits per heavy atom. The lowest BCUT2D eigenvalue weighted by Crippen LogP contribution is -2.42. The van der Waals surface area contributed by atoms with E-state index in [0.29, 0.717) is 12.6 Å². The maximum Gasteiger partial charge on any atom is 0.160 e. The molecule has 1 aliphatic rings. The number of anilines is 1. The largest absolute Gasteiger partial charge is 0.371 e. The first-order valence-corrected chi connectivity index (χ1v) is 9.71. The van der Waals surface area contributed by atoms with Crippen molar-refractivity contribution in [2.75, 3.05) is 18.0 Å². The number of thiazole rings is 1. The lowest BCUT2D eigenvalue weighted by atomic mass is 10.0. The molecule has 0 spiro atoms. The smallest absolute Gasteiger partial charge is 0.160 e. The van der Waals surface area contributed by atoms with Crippen LogP contribution in [0.15, 0.2) is 42.2 Å². The predicted octanol–water partition coefficient (Wildman–Crippen LogP) is 3.64. The third-order valence-corrected chi connectivity index (χ3v) is 5.58. The quantitative estimate of drug-likeness (QED) is 0.724. The lowest BCUT2D eigenvalue weighted by molar-refractivity contribution is 0.412. The van der Waals surface area contributed by atoms with Crippen LogP contribution in [-0.4, -0.2) is 34.1 Å². The Hall–Kier alpha value is -2.45. The van der Waals surface area contributed by atoms with E-state index in [4.69, 9.17) is 0 Å². The molecular weight excluding hydrogens is 368 g/mol. The zero-order chi connectivity index (χ0) is 18.6. The summed E-state index contributed by atoms with van der Waals surface area (Å²) in [7, 11) is 0. The van der Waals surface area contributed by atoms with Crippen LogP contribution in [0.5, 0.6) is 0 Å². The molecule has 2 aromatic heterocycles. The first kappa shape index (κ1) is 17.9. The van der Waals surface area contributed by atoms with Gasteiger partial charge in [0, 0.05) is 55.2 Å². The maximum atomic E-state index is 13.4. The fourth-order valence-corrected chi connectivity index (χ4v) is 3.97. The Bertz CT molecular complexity index is 894. The van der Waals surface area contributed by atoms with Crippen molar-refractivity contribution in [3.63, 3.8) is 0 Å². The van der Waals surface area contributed by atoms with Crippen molar-refractivity contribution >= 4 is 17.0 Å². The molecular formula is C19H19F2N5S. The first-order chi connectivity index (χ1) is 13.2. The highest BCUT2D eigenvalue weighted by molar-refractivity contribution is 7.13. The van der Waals surface area contributed by atoms with Crippen molar-refractivity contribution in [1.29, 1.82) is 0 Å². The van der Waals surface area contributed by atoms with Gasteiger partial charge in [0.05, 0.1) is 11.9 Å². The molecule has 5 nitrogen and oxygen atoms in total. The maximum absolute atomic E-state index is 13.4. The summed E-state index contributed by atoms with van der Waals surface area (Å²) in [4.78, 5) is 15.0. The molecule has 0 bridgehead atoms. The van der Waals surface area contributed by atoms with Crippen LogP contribution in [0.1, 0.15) is 18.5 Å². The van der Waals surface area contributed by atoms with Crippen molar-refractivity contribution in [2.45, 2.75) is 25.4 Å². The van der Waals surface area contributed by atoms with Crippen LogP contribution in [0.3, 0.4) is 0 Å². The van der Waals surface area contributed by atoms with E-state index in [2.05, 4.69) is 25.2 Å². The molecule has 140 valence electrons. The summed E-state index contributed by atoms with van der Waals surface area (Å²) in [6.45, 7) is 2.32. The van der Waals surface area contributed by atoms with Crippen molar-refractivity contribution < 1.29 is 8.78 Å². The molecule has 1 aliphatic heterocycles. The summed E-state index contributed by atoms with van der Waals surface area (Å²) in [5, 5.41) is 6.45. The highest BCUT2D eigenvalue weighted by Gasteiger charge is 2.20. The molecule has 1 fully saturated rings. The average molecular weight is 387 g/mol. The normalized spacial score (nSPS) is 15.3. The van der Waals surface area contributed by atoms with Gasteiger partial charge < -0.3 is 10.2 Å². The van der Waals surface area contributed by atoms with Crippen molar-refractivity contribution in [1.82, 2.24) is 20.3 Å². The number of halogens is 2. The van der Waals surface area contributed by atoms with E-state index in [-0.39, 0.29) is 0 Å². The van der Waals surface area contributed by atoms with Gasteiger partial charge in [0.1, 0.15) is 10.7 Å². The van der Waals surface area contributed by atoms with E-state index in [0.717, 1.165) is 48.0 Å². The molecule has 0 aliphatic carbocycles. The van der Waals surface area contributed by atoms with E-state index in [1.807, 2.05) is 5.38 Å². The van der Waals surface area contributed by atoms with E-state index >= 15 is 0 Å². The molecule has 0 atom stereocenters. The van der Waals surface area contributed by atoms with Crippen LogP contribution in [0.4, 0.5) is 14.5 Å². The summed E-state index contributed by atoms with van der Waals surface area (Å²) in [5.74, 6) is -1.60. The van der Waals surface area contributed by atoms with Crippen LogP contribution in [0, 0.1) is 11.6 Å². The summed E-state index contributed by atoms with van der Waals surface area (Å²) in [6, 6.07) is 4.47. The van der Waals surface area contributed by atoms with Crippen LogP contribution < -0.4 is 10.2 Å². The van der Waals surface area contributed by atoms with Gasteiger partial charge in [-0.15, -0.1) is 11.3 Å². The van der Waals surface area contributed by atoms with Gasteiger partial charge in [-0.1, -0.05) is 0 Å². The minimum atomic E-state index is -0.806. The molecule has 0 radical (unpaired) electrons. The molecule has 27 heavy (non-hydrogen) atoms. The van der Waals surface area contributed by atoms with E-state index < -0.39 is 11.6 Å². The molecule has 0 amide bonds. The van der Waals surface area contributed by atoms with Gasteiger partial charge in [0.2, 0.25) is 0 Å².